The van der Waals surface area contributed by atoms with Crippen LogP contribution in [0.1, 0.15) is 0 Å². The number of aryl methyl sites for hydroxylation is 1. The molecule has 0 atom stereocenters. The summed E-state index contributed by atoms with van der Waals surface area (Å²) in [5, 5.41) is 6.27. The fraction of sp³-hybridized carbons (Fsp3) is 0.0714. The zero-order valence-electron chi connectivity index (χ0n) is 10.9. The minimum Gasteiger partial charge on any atom is -0.383 e. The molecule has 0 aliphatic heterocycles. The van der Waals surface area contributed by atoms with Gasteiger partial charge in [0.05, 0.1) is 9.35 Å². The van der Waals surface area contributed by atoms with Crippen molar-refractivity contribution in [3.05, 3.63) is 45.1 Å². The van der Waals surface area contributed by atoms with Crippen molar-refractivity contribution >= 4 is 33.1 Å². The molecule has 0 amide bonds. The first-order chi connectivity index (χ1) is 9.95. The Hall–Kier alpha value is -1.73. The standard InChI is InChI=1S/C14H10BrF2N3S/c1-20-14(18)12(7-2-9(16)5-10(17)3-7)13(19-20)8-4-11(15)21-6-8/h2-6H,18H2,1H3. The molecule has 0 aliphatic carbocycles. The number of aromatic nitrogens is 2. The third-order valence-electron chi connectivity index (χ3n) is 3.08. The number of halogens is 3. The van der Waals surface area contributed by atoms with Gasteiger partial charge in [0.15, 0.2) is 0 Å². The van der Waals surface area contributed by atoms with E-state index in [0.29, 0.717) is 22.6 Å². The van der Waals surface area contributed by atoms with E-state index in [1.807, 2.05) is 11.4 Å². The maximum Gasteiger partial charge on any atom is 0.129 e. The molecule has 2 N–H and O–H groups in total. The summed E-state index contributed by atoms with van der Waals surface area (Å²) in [6, 6.07) is 5.23. The van der Waals surface area contributed by atoms with Crippen LogP contribution in [-0.4, -0.2) is 9.78 Å². The smallest absolute Gasteiger partial charge is 0.129 e. The van der Waals surface area contributed by atoms with Crippen LogP contribution in [0.4, 0.5) is 14.6 Å². The Labute approximate surface area is 132 Å². The maximum atomic E-state index is 13.5. The molecule has 0 saturated heterocycles. The molecule has 0 fully saturated rings. The number of nitrogens with zero attached hydrogens (tertiary/aromatic N) is 2. The van der Waals surface area contributed by atoms with Crippen LogP contribution in [0.5, 0.6) is 0 Å². The van der Waals surface area contributed by atoms with Crippen LogP contribution in [-0.2, 0) is 7.05 Å². The minimum atomic E-state index is -0.647. The summed E-state index contributed by atoms with van der Waals surface area (Å²) in [4.78, 5) is 0. The van der Waals surface area contributed by atoms with Gasteiger partial charge in [-0.25, -0.2) is 8.78 Å². The lowest BCUT2D eigenvalue weighted by Gasteiger charge is -2.04. The average molecular weight is 370 g/mol. The molecule has 0 bridgehead atoms. The van der Waals surface area contributed by atoms with Crippen molar-refractivity contribution in [3.63, 3.8) is 0 Å². The molecular formula is C14H10BrF2N3S. The number of nitrogens with two attached hydrogens (primary N) is 1. The van der Waals surface area contributed by atoms with Gasteiger partial charge in [0.1, 0.15) is 23.1 Å². The minimum absolute atomic E-state index is 0.359. The second-order valence-corrected chi connectivity index (χ2v) is 6.82. The van der Waals surface area contributed by atoms with Crippen LogP contribution in [0, 0.1) is 11.6 Å². The van der Waals surface area contributed by atoms with E-state index in [-0.39, 0.29) is 0 Å². The molecule has 0 spiro atoms. The van der Waals surface area contributed by atoms with Gasteiger partial charge in [0.2, 0.25) is 0 Å². The van der Waals surface area contributed by atoms with Gasteiger partial charge in [-0.05, 0) is 39.7 Å². The van der Waals surface area contributed by atoms with Gasteiger partial charge in [0, 0.05) is 24.1 Å². The van der Waals surface area contributed by atoms with Crippen LogP contribution in [0.25, 0.3) is 22.4 Å². The molecule has 3 aromatic rings. The van der Waals surface area contributed by atoms with Crippen molar-refractivity contribution in [2.45, 2.75) is 0 Å². The van der Waals surface area contributed by atoms with E-state index in [1.54, 1.807) is 7.05 Å². The predicted molar refractivity (Wildman–Crippen MR) is 84.0 cm³/mol. The number of thiophene rings is 1. The molecule has 0 saturated carbocycles. The van der Waals surface area contributed by atoms with Crippen molar-refractivity contribution in [2.75, 3.05) is 5.73 Å². The highest BCUT2D eigenvalue weighted by Crippen LogP contribution is 2.38. The summed E-state index contributed by atoms with van der Waals surface area (Å²) < 4.78 is 29.4. The summed E-state index contributed by atoms with van der Waals surface area (Å²) >= 11 is 4.89. The third kappa shape index (κ3) is 2.58. The molecule has 2 aromatic heterocycles. The van der Waals surface area contributed by atoms with E-state index in [0.717, 1.165) is 15.4 Å². The molecule has 0 unspecified atom stereocenters. The van der Waals surface area contributed by atoms with Crippen molar-refractivity contribution in [2.24, 2.45) is 7.05 Å². The summed E-state index contributed by atoms with van der Waals surface area (Å²) in [6.07, 6.45) is 0. The lowest BCUT2D eigenvalue weighted by Crippen LogP contribution is -1.98. The average Bonchev–Trinajstić information content (AvgIpc) is 2.94. The number of rotatable bonds is 2. The molecule has 3 rings (SSSR count). The van der Waals surface area contributed by atoms with Gasteiger partial charge in [0.25, 0.3) is 0 Å². The third-order valence-corrected chi connectivity index (χ3v) is 4.59. The van der Waals surface area contributed by atoms with E-state index in [2.05, 4.69) is 21.0 Å². The van der Waals surface area contributed by atoms with E-state index in [9.17, 15) is 8.78 Å². The molecule has 1 aromatic carbocycles. The largest absolute Gasteiger partial charge is 0.383 e. The van der Waals surface area contributed by atoms with Gasteiger partial charge in [-0.2, -0.15) is 5.10 Å². The highest BCUT2D eigenvalue weighted by molar-refractivity contribution is 9.11. The van der Waals surface area contributed by atoms with Crippen molar-refractivity contribution in [1.82, 2.24) is 9.78 Å². The SMILES string of the molecule is Cn1nc(-c2csc(Br)c2)c(-c2cc(F)cc(F)c2)c1N. The summed E-state index contributed by atoms with van der Waals surface area (Å²) in [5.74, 6) is -0.936. The monoisotopic (exact) mass is 369 g/mol. The Bertz CT molecular complexity index is 805. The fourth-order valence-electron chi connectivity index (χ4n) is 2.16. The number of hydrogen-bond acceptors (Lipinski definition) is 3. The second kappa shape index (κ2) is 5.23. The highest BCUT2D eigenvalue weighted by Gasteiger charge is 2.19. The van der Waals surface area contributed by atoms with E-state index >= 15 is 0 Å². The first kappa shape index (κ1) is 14.2. The summed E-state index contributed by atoms with van der Waals surface area (Å²) in [5.41, 5.74) is 8.37. The molecule has 2 heterocycles. The number of hydrogen-bond donors (Lipinski definition) is 1. The first-order valence-corrected chi connectivity index (χ1v) is 7.66. The van der Waals surface area contributed by atoms with Gasteiger partial charge < -0.3 is 5.73 Å². The Morgan fingerprint density at radius 1 is 1.14 bits per heavy atom. The lowest BCUT2D eigenvalue weighted by atomic mass is 10.0. The number of anilines is 1. The zero-order valence-corrected chi connectivity index (χ0v) is 13.3. The molecular weight excluding hydrogens is 360 g/mol. The van der Waals surface area contributed by atoms with Crippen molar-refractivity contribution < 1.29 is 8.78 Å². The number of nitrogen functional groups attached to an aromatic ring is 1. The molecule has 21 heavy (non-hydrogen) atoms. The van der Waals surface area contributed by atoms with Crippen molar-refractivity contribution in [1.29, 1.82) is 0 Å². The van der Waals surface area contributed by atoms with Crippen LogP contribution in [0.3, 0.4) is 0 Å². The van der Waals surface area contributed by atoms with Crippen LogP contribution in [0.2, 0.25) is 0 Å². The molecule has 7 heteroatoms. The summed E-state index contributed by atoms with van der Waals surface area (Å²) in [7, 11) is 1.69. The van der Waals surface area contributed by atoms with E-state index in [1.165, 1.54) is 28.2 Å². The van der Waals surface area contributed by atoms with Gasteiger partial charge in [-0.1, -0.05) is 0 Å². The molecule has 108 valence electrons. The van der Waals surface area contributed by atoms with E-state index in [4.69, 9.17) is 5.73 Å². The van der Waals surface area contributed by atoms with Gasteiger partial charge in [-0.3, -0.25) is 4.68 Å². The Morgan fingerprint density at radius 3 is 2.38 bits per heavy atom. The Kier molecular flexibility index (Phi) is 3.54. The Balaban J connectivity index is 2.26. The van der Waals surface area contributed by atoms with Gasteiger partial charge >= 0.3 is 0 Å². The van der Waals surface area contributed by atoms with Crippen LogP contribution in [0.15, 0.2) is 33.4 Å². The first-order valence-electron chi connectivity index (χ1n) is 5.99. The molecule has 0 radical (unpaired) electrons. The zero-order chi connectivity index (χ0) is 15.1. The van der Waals surface area contributed by atoms with Gasteiger partial charge in [-0.15, -0.1) is 11.3 Å². The fourth-order valence-corrected chi connectivity index (χ4v) is 3.30. The molecule has 3 nitrogen and oxygen atoms in total. The number of benzene rings is 1. The Morgan fingerprint density at radius 2 is 1.81 bits per heavy atom. The topological polar surface area (TPSA) is 43.8 Å². The molecule has 0 aliphatic rings. The lowest BCUT2D eigenvalue weighted by molar-refractivity contribution is 0.584. The van der Waals surface area contributed by atoms with Crippen LogP contribution < -0.4 is 5.73 Å². The highest BCUT2D eigenvalue weighted by atomic mass is 79.9. The van der Waals surface area contributed by atoms with Crippen LogP contribution >= 0.6 is 27.3 Å². The summed E-state index contributed by atoms with van der Waals surface area (Å²) in [6.45, 7) is 0. The maximum absolute atomic E-state index is 13.5. The second-order valence-electron chi connectivity index (χ2n) is 4.53. The van der Waals surface area contributed by atoms with Crippen molar-refractivity contribution in [3.8, 4) is 22.4 Å². The van der Waals surface area contributed by atoms with E-state index < -0.39 is 11.6 Å². The predicted octanol–water partition coefficient (Wildman–Crippen LogP) is 4.44. The normalized spacial score (nSPS) is 11.0. The quantitative estimate of drug-likeness (QED) is 0.725.